The van der Waals surface area contributed by atoms with Gasteiger partial charge in [0.25, 0.3) is 0 Å². The molecule has 1 aromatic heterocycles. The Balaban J connectivity index is 3.33. The maximum Gasteiger partial charge on any atom is 0.138 e. The van der Waals surface area contributed by atoms with E-state index >= 15 is 0 Å². The van der Waals surface area contributed by atoms with Gasteiger partial charge < -0.3 is 15.7 Å². The monoisotopic (exact) mass is 267 g/mol. The maximum absolute atomic E-state index is 9.31. The molecule has 0 radical (unpaired) electrons. The van der Waals surface area contributed by atoms with E-state index in [0.29, 0.717) is 18.2 Å². The lowest BCUT2D eigenvalue weighted by atomic mass is 10.1. The molecule has 0 aliphatic rings. The van der Waals surface area contributed by atoms with Gasteiger partial charge in [-0.3, -0.25) is 10.1 Å². The molecule has 0 saturated heterocycles. The predicted octanol–water partition coefficient (Wildman–Crippen LogP) is 1.000. The number of hydrogen-bond acceptors (Lipinski definition) is 4. The summed E-state index contributed by atoms with van der Waals surface area (Å²) in [5.41, 5.74) is 7.10. The number of amidine groups is 1. The molecule has 0 bridgehead atoms. The normalized spacial score (nSPS) is 11.1. The largest absolute Gasteiger partial charge is 0.395 e. The fourth-order valence-electron chi connectivity index (χ4n) is 2.59. The molecule has 6 nitrogen and oxygen atoms in total. The van der Waals surface area contributed by atoms with Crippen molar-refractivity contribution in [1.82, 2.24) is 9.78 Å². The third-order valence-electron chi connectivity index (χ3n) is 3.46. The van der Waals surface area contributed by atoms with Gasteiger partial charge in [0, 0.05) is 19.6 Å². The SMILES string of the molecule is CCC(CC)N(CCO)c1c(C(=N)N)c(C)nn1C. The van der Waals surface area contributed by atoms with Crippen molar-refractivity contribution in [3.63, 3.8) is 0 Å². The van der Waals surface area contributed by atoms with Gasteiger partial charge in [0.05, 0.1) is 17.9 Å². The zero-order valence-electron chi connectivity index (χ0n) is 12.3. The highest BCUT2D eigenvalue weighted by molar-refractivity contribution is 6.01. The van der Waals surface area contributed by atoms with Crippen LogP contribution < -0.4 is 10.6 Å². The number of rotatable bonds is 7. The molecule has 19 heavy (non-hydrogen) atoms. The van der Waals surface area contributed by atoms with Crippen LogP contribution >= 0.6 is 0 Å². The Hall–Kier alpha value is -1.56. The highest BCUT2D eigenvalue weighted by Crippen LogP contribution is 2.26. The summed E-state index contributed by atoms with van der Waals surface area (Å²) >= 11 is 0. The highest BCUT2D eigenvalue weighted by atomic mass is 16.3. The second kappa shape index (κ2) is 6.56. The van der Waals surface area contributed by atoms with Gasteiger partial charge in [-0.2, -0.15) is 5.10 Å². The molecule has 0 fully saturated rings. The van der Waals surface area contributed by atoms with Crippen LogP contribution in [0.2, 0.25) is 0 Å². The average Bonchev–Trinajstić information content (AvgIpc) is 2.64. The quantitative estimate of drug-likeness (QED) is 0.508. The van der Waals surface area contributed by atoms with Crippen molar-refractivity contribution in [2.45, 2.75) is 39.7 Å². The minimum absolute atomic E-state index is 0.0227. The minimum Gasteiger partial charge on any atom is -0.395 e. The molecule has 0 amide bonds. The second-order valence-corrected chi connectivity index (χ2v) is 4.71. The fraction of sp³-hybridized carbons (Fsp3) is 0.692. The first kappa shape index (κ1) is 15.5. The zero-order valence-corrected chi connectivity index (χ0v) is 12.3. The van der Waals surface area contributed by atoms with Crippen molar-refractivity contribution in [2.24, 2.45) is 12.8 Å². The molecule has 6 heteroatoms. The summed E-state index contributed by atoms with van der Waals surface area (Å²) in [5.74, 6) is 0.849. The van der Waals surface area contributed by atoms with E-state index < -0.39 is 0 Å². The second-order valence-electron chi connectivity index (χ2n) is 4.71. The lowest BCUT2D eigenvalue weighted by molar-refractivity contribution is 0.295. The Morgan fingerprint density at radius 1 is 1.47 bits per heavy atom. The number of aryl methyl sites for hydroxylation is 2. The molecule has 1 aromatic rings. The lowest BCUT2D eigenvalue weighted by Crippen LogP contribution is -2.39. The molecule has 108 valence electrons. The first-order valence-corrected chi connectivity index (χ1v) is 6.73. The molecule has 1 heterocycles. The van der Waals surface area contributed by atoms with Gasteiger partial charge in [-0.1, -0.05) is 13.8 Å². The van der Waals surface area contributed by atoms with Crippen LogP contribution in [0.4, 0.5) is 5.82 Å². The van der Waals surface area contributed by atoms with Crippen LogP contribution in [0.5, 0.6) is 0 Å². The Morgan fingerprint density at radius 2 is 2.05 bits per heavy atom. The number of aromatic nitrogens is 2. The molecule has 0 aliphatic carbocycles. The zero-order chi connectivity index (χ0) is 14.6. The number of hydrogen-bond donors (Lipinski definition) is 3. The van der Waals surface area contributed by atoms with E-state index in [4.69, 9.17) is 11.1 Å². The van der Waals surface area contributed by atoms with Crippen molar-refractivity contribution in [1.29, 1.82) is 5.41 Å². The summed E-state index contributed by atoms with van der Waals surface area (Å²) in [6.07, 6.45) is 1.94. The van der Waals surface area contributed by atoms with Gasteiger partial charge in [0.15, 0.2) is 0 Å². The number of anilines is 1. The number of aliphatic hydroxyl groups is 1. The van der Waals surface area contributed by atoms with E-state index in [1.54, 1.807) is 4.68 Å². The number of aliphatic hydroxyl groups excluding tert-OH is 1. The third-order valence-corrected chi connectivity index (χ3v) is 3.46. The van der Waals surface area contributed by atoms with Crippen LogP contribution in [0.15, 0.2) is 0 Å². The lowest BCUT2D eigenvalue weighted by Gasteiger charge is -2.32. The average molecular weight is 267 g/mol. The summed E-state index contributed by atoms with van der Waals surface area (Å²) in [5, 5.41) is 21.4. The number of nitrogens with one attached hydrogen (secondary N) is 1. The number of nitrogens with two attached hydrogens (primary N) is 1. The van der Waals surface area contributed by atoms with Crippen LogP contribution in [0, 0.1) is 12.3 Å². The Morgan fingerprint density at radius 3 is 2.47 bits per heavy atom. The summed E-state index contributed by atoms with van der Waals surface area (Å²) in [7, 11) is 1.85. The van der Waals surface area contributed by atoms with E-state index in [0.717, 1.165) is 24.4 Å². The van der Waals surface area contributed by atoms with E-state index in [-0.39, 0.29) is 12.4 Å². The van der Waals surface area contributed by atoms with Crippen molar-refractivity contribution < 1.29 is 5.11 Å². The topological polar surface area (TPSA) is 91.2 Å². The number of nitrogen functional groups attached to an aromatic ring is 1. The van der Waals surface area contributed by atoms with Gasteiger partial charge in [-0.15, -0.1) is 0 Å². The van der Waals surface area contributed by atoms with Crippen LogP contribution in [0.25, 0.3) is 0 Å². The Kier molecular flexibility index (Phi) is 5.35. The molecule has 0 unspecified atom stereocenters. The fourth-order valence-corrected chi connectivity index (χ4v) is 2.59. The smallest absolute Gasteiger partial charge is 0.138 e. The number of nitrogens with zero attached hydrogens (tertiary/aromatic N) is 3. The van der Waals surface area contributed by atoms with Crippen LogP contribution in [0.1, 0.15) is 37.9 Å². The molecule has 0 spiro atoms. The van der Waals surface area contributed by atoms with E-state index in [2.05, 4.69) is 23.8 Å². The third kappa shape index (κ3) is 3.07. The summed E-state index contributed by atoms with van der Waals surface area (Å²) in [6.45, 7) is 6.68. The van der Waals surface area contributed by atoms with Gasteiger partial charge in [-0.05, 0) is 19.8 Å². The minimum atomic E-state index is 0.0227. The van der Waals surface area contributed by atoms with Crippen LogP contribution in [-0.4, -0.2) is 39.9 Å². The van der Waals surface area contributed by atoms with Gasteiger partial charge >= 0.3 is 0 Å². The molecule has 4 N–H and O–H groups in total. The van der Waals surface area contributed by atoms with Crippen molar-refractivity contribution in [3.8, 4) is 0 Å². The summed E-state index contributed by atoms with van der Waals surface area (Å²) < 4.78 is 1.75. The standard InChI is InChI=1S/C13H25N5O/c1-5-10(6-2)18(7-8-19)13-11(12(14)15)9(3)16-17(13)4/h10,19H,5-8H2,1-4H3,(H3,14,15). The Bertz CT molecular complexity index is 436. The van der Waals surface area contributed by atoms with E-state index in [1.165, 1.54) is 0 Å². The Labute approximate surface area is 114 Å². The van der Waals surface area contributed by atoms with Gasteiger partial charge in [-0.25, -0.2) is 0 Å². The van der Waals surface area contributed by atoms with Crippen LogP contribution in [-0.2, 0) is 7.05 Å². The molecule has 0 aliphatic heterocycles. The van der Waals surface area contributed by atoms with Crippen LogP contribution in [0.3, 0.4) is 0 Å². The summed E-state index contributed by atoms with van der Waals surface area (Å²) in [4.78, 5) is 2.11. The first-order valence-electron chi connectivity index (χ1n) is 6.73. The van der Waals surface area contributed by atoms with Crippen molar-refractivity contribution in [2.75, 3.05) is 18.1 Å². The van der Waals surface area contributed by atoms with Crippen molar-refractivity contribution >= 4 is 11.7 Å². The van der Waals surface area contributed by atoms with Gasteiger partial charge in [0.2, 0.25) is 0 Å². The molecule has 0 saturated carbocycles. The highest BCUT2D eigenvalue weighted by Gasteiger charge is 2.25. The first-order chi connectivity index (χ1) is 8.97. The molecular formula is C13H25N5O. The molecule has 0 atom stereocenters. The van der Waals surface area contributed by atoms with Crippen molar-refractivity contribution in [3.05, 3.63) is 11.3 Å². The molecular weight excluding hydrogens is 242 g/mol. The molecule has 1 rings (SSSR count). The molecule has 0 aromatic carbocycles. The maximum atomic E-state index is 9.31. The summed E-state index contributed by atoms with van der Waals surface area (Å²) in [6, 6.07) is 0.306. The van der Waals surface area contributed by atoms with E-state index in [9.17, 15) is 5.11 Å². The predicted molar refractivity (Wildman–Crippen MR) is 77.8 cm³/mol. The van der Waals surface area contributed by atoms with E-state index in [1.807, 2.05) is 14.0 Å². The van der Waals surface area contributed by atoms with Gasteiger partial charge in [0.1, 0.15) is 11.7 Å².